The molecule has 1 aliphatic rings. The summed E-state index contributed by atoms with van der Waals surface area (Å²) in [4.78, 5) is 26.8. The molecule has 0 fully saturated rings. The second kappa shape index (κ2) is 7.38. The van der Waals surface area contributed by atoms with Gasteiger partial charge in [0.2, 0.25) is 5.91 Å². The molecule has 7 heteroatoms. The van der Waals surface area contributed by atoms with Gasteiger partial charge in [-0.2, -0.15) is 5.26 Å². The summed E-state index contributed by atoms with van der Waals surface area (Å²) in [7, 11) is 1.78. The van der Waals surface area contributed by atoms with Crippen molar-refractivity contribution in [2.75, 3.05) is 25.5 Å². The van der Waals surface area contributed by atoms with Crippen molar-refractivity contribution in [2.24, 2.45) is 5.73 Å². The maximum absolute atomic E-state index is 12.1. The number of likely N-dealkylation sites (N-methyl/N-ethyl adjacent to an activating group) is 1. The van der Waals surface area contributed by atoms with Crippen molar-refractivity contribution in [3.63, 3.8) is 0 Å². The molecule has 1 aromatic rings. The van der Waals surface area contributed by atoms with Crippen LogP contribution in [0.25, 0.3) is 0 Å². The Bertz CT molecular complexity index is 618. The maximum Gasteiger partial charge on any atom is 0.251 e. The zero-order valence-corrected chi connectivity index (χ0v) is 13.5. The third-order valence-corrected chi connectivity index (χ3v) is 4.90. The molecule has 1 heterocycles. The van der Waals surface area contributed by atoms with E-state index in [9.17, 15) is 9.59 Å². The van der Waals surface area contributed by atoms with Crippen LogP contribution < -0.4 is 11.1 Å². The lowest BCUT2D eigenvalue weighted by Gasteiger charge is -2.14. The van der Waals surface area contributed by atoms with Crippen molar-refractivity contribution in [3.05, 3.63) is 16.0 Å². The summed E-state index contributed by atoms with van der Waals surface area (Å²) in [5.74, 6) is -0.672. The van der Waals surface area contributed by atoms with Gasteiger partial charge in [-0.25, -0.2) is 0 Å². The number of nitriles is 1. The van der Waals surface area contributed by atoms with Crippen molar-refractivity contribution in [1.29, 1.82) is 5.26 Å². The lowest BCUT2D eigenvalue weighted by atomic mass is 9.95. The molecule has 0 aromatic carbocycles. The summed E-state index contributed by atoms with van der Waals surface area (Å²) >= 11 is 1.46. The number of thiophene rings is 1. The Morgan fingerprint density at radius 1 is 1.41 bits per heavy atom. The molecule has 0 saturated carbocycles. The van der Waals surface area contributed by atoms with Gasteiger partial charge in [-0.1, -0.05) is 0 Å². The number of nitrogens with zero attached hydrogens (tertiary/aromatic N) is 2. The van der Waals surface area contributed by atoms with E-state index in [-0.39, 0.29) is 12.5 Å². The molecule has 22 heavy (non-hydrogen) atoms. The van der Waals surface area contributed by atoms with Crippen LogP contribution in [-0.4, -0.2) is 36.9 Å². The van der Waals surface area contributed by atoms with Crippen LogP contribution in [0.1, 0.15) is 40.1 Å². The number of fused-ring (bicyclic) bond motifs is 1. The van der Waals surface area contributed by atoms with Crippen LogP contribution in [0.2, 0.25) is 0 Å². The van der Waals surface area contributed by atoms with Gasteiger partial charge >= 0.3 is 0 Å². The first-order valence-electron chi connectivity index (χ1n) is 7.32. The van der Waals surface area contributed by atoms with E-state index in [0.29, 0.717) is 23.5 Å². The van der Waals surface area contributed by atoms with E-state index < -0.39 is 5.91 Å². The van der Waals surface area contributed by atoms with Gasteiger partial charge in [0.05, 0.1) is 18.2 Å². The highest BCUT2D eigenvalue weighted by molar-refractivity contribution is 7.17. The molecule has 0 bridgehead atoms. The predicted molar refractivity (Wildman–Crippen MR) is 85.8 cm³/mol. The van der Waals surface area contributed by atoms with E-state index in [1.54, 1.807) is 11.9 Å². The zero-order chi connectivity index (χ0) is 16.1. The summed E-state index contributed by atoms with van der Waals surface area (Å²) in [6.07, 6.45) is 4.33. The second-order valence-corrected chi connectivity index (χ2v) is 6.58. The Morgan fingerprint density at radius 3 is 2.82 bits per heavy atom. The fourth-order valence-electron chi connectivity index (χ4n) is 2.65. The average Bonchev–Trinajstić information content (AvgIpc) is 2.82. The van der Waals surface area contributed by atoms with Crippen molar-refractivity contribution in [1.82, 2.24) is 4.90 Å². The van der Waals surface area contributed by atoms with Gasteiger partial charge in [0.1, 0.15) is 5.00 Å². The number of amides is 2. The largest absolute Gasteiger partial charge is 0.365 e. The molecule has 1 aromatic heterocycles. The lowest BCUT2D eigenvalue weighted by molar-refractivity contribution is -0.117. The summed E-state index contributed by atoms with van der Waals surface area (Å²) in [6.45, 7) is 0.718. The number of aryl methyl sites for hydroxylation is 1. The van der Waals surface area contributed by atoms with Gasteiger partial charge in [-0.15, -0.1) is 11.3 Å². The smallest absolute Gasteiger partial charge is 0.251 e. The topological polar surface area (TPSA) is 99.2 Å². The lowest BCUT2D eigenvalue weighted by Crippen LogP contribution is -2.31. The molecule has 0 spiro atoms. The quantitative estimate of drug-likeness (QED) is 0.830. The monoisotopic (exact) mass is 320 g/mol. The molecule has 0 aliphatic heterocycles. The molecule has 2 rings (SSSR count). The highest BCUT2D eigenvalue weighted by Gasteiger charge is 2.25. The molecule has 3 N–H and O–H groups in total. The van der Waals surface area contributed by atoms with E-state index >= 15 is 0 Å². The van der Waals surface area contributed by atoms with Crippen molar-refractivity contribution >= 4 is 28.2 Å². The fraction of sp³-hybridized carbons (Fsp3) is 0.533. The van der Waals surface area contributed by atoms with Crippen LogP contribution in [0, 0.1) is 11.3 Å². The average molecular weight is 320 g/mol. The first-order valence-corrected chi connectivity index (χ1v) is 8.14. The third-order valence-electron chi connectivity index (χ3n) is 3.69. The highest BCUT2D eigenvalue weighted by Crippen LogP contribution is 2.37. The molecular weight excluding hydrogens is 300 g/mol. The second-order valence-electron chi connectivity index (χ2n) is 5.47. The number of carbonyl (C=O) groups excluding carboxylic acids is 2. The minimum atomic E-state index is -0.479. The van der Waals surface area contributed by atoms with E-state index in [2.05, 4.69) is 5.32 Å². The Hall–Kier alpha value is -1.91. The van der Waals surface area contributed by atoms with E-state index in [4.69, 9.17) is 11.0 Å². The molecule has 6 nitrogen and oxygen atoms in total. The Morgan fingerprint density at radius 2 is 2.14 bits per heavy atom. The van der Waals surface area contributed by atoms with Crippen molar-refractivity contribution in [2.45, 2.75) is 32.1 Å². The van der Waals surface area contributed by atoms with Crippen LogP contribution in [0.5, 0.6) is 0 Å². The Balaban J connectivity index is 2.09. The normalized spacial score (nSPS) is 13.5. The number of rotatable bonds is 6. The van der Waals surface area contributed by atoms with Gasteiger partial charge in [-0.05, 0) is 38.3 Å². The first-order chi connectivity index (χ1) is 10.5. The zero-order valence-electron chi connectivity index (χ0n) is 12.6. The number of nitrogens with one attached hydrogen (secondary N) is 1. The number of nitrogens with two attached hydrogens (primary N) is 1. The van der Waals surface area contributed by atoms with Crippen molar-refractivity contribution in [3.8, 4) is 6.07 Å². The molecule has 118 valence electrons. The molecule has 2 amide bonds. The summed E-state index contributed by atoms with van der Waals surface area (Å²) in [6, 6.07) is 2.05. The van der Waals surface area contributed by atoms with Crippen LogP contribution in [0.15, 0.2) is 0 Å². The summed E-state index contributed by atoms with van der Waals surface area (Å²) in [5, 5.41) is 11.9. The third kappa shape index (κ3) is 3.84. The minimum Gasteiger partial charge on any atom is -0.365 e. The van der Waals surface area contributed by atoms with Gasteiger partial charge < -0.3 is 11.1 Å². The number of carbonyl (C=O) groups is 2. The standard InChI is InChI=1S/C15H20N4O2S/c1-19(8-4-7-16)9-12(20)18-15-13(14(17)21)10-5-2-3-6-11(10)22-15/h2-6,8-9H2,1H3,(H2,17,21)(H,18,20). The fourth-order valence-corrected chi connectivity index (χ4v) is 3.96. The SMILES string of the molecule is CN(CCC#N)CC(=O)Nc1sc2c(c1C(N)=O)CCCC2. The first kappa shape index (κ1) is 16.5. The number of hydrogen-bond acceptors (Lipinski definition) is 5. The molecular formula is C15H20N4O2S. The Kier molecular flexibility index (Phi) is 5.52. The molecule has 1 aliphatic carbocycles. The Labute approximate surface area is 133 Å². The molecule has 0 saturated heterocycles. The van der Waals surface area contributed by atoms with Crippen LogP contribution in [-0.2, 0) is 17.6 Å². The van der Waals surface area contributed by atoms with Gasteiger partial charge in [0.15, 0.2) is 0 Å². The van der Waals surface area contributed by atoms with E-state index in [1.165, 1.54) is 11.3 Å². The number of anilines is 1. The number of hydrogen-bond donors (Lipinski definition) is 2. The van der Waals surface area contributed by atoms with Crippen LogP contribution in [0.3, 0.4) is 0 Å². The van der Waals surface area contributed by atoms with E-state index in [1.807, 2.05) is 6.07 Å². The molecule has 0 unspecified atom stereocenters. The van der Waals surface area contributed by atoms with Crippen LogP contribution in [0.4, 0.5) is 5.00 Å². The van der Waals surface area contributed by atoms with Crippen LogP contribution >= 0.6 is 11.3 Å². The molecule has 0 radical (unpaired) electrons. The van der Waals surface area contributed by atoms with Gasteiger partial charge in [0, 0.05) is 17.8 Å². The highest BCUT2D eigenvalue weighted by atomic mass is 32.1. The van der Waals surface area contributed by atoms with E-state index in [0.717, 1.165) is 36.1 Å². The van der Waals surface area contributed by atoms with Gasteiger partial charge in [-0.3, -0.25) is 14.5 Å². The molecule has 0 atom stereocenters. The predicted octanol–water partition coefficient (Wildman–Crippen LogP) is 1.51. The van der Waals surface area contributed by atoms with Gasteiger partial charge in [0.25, 0.3) is 5.91 Å². The minimum absolute atomic E-state index is 0.183. The summed E-state index contributed by atoms with van der Waals surface area (Å²) in [5.41, 5.74) is 6.99. The maximum atomic E-state index is 12.1. The summed E-state index contributed by atoms with van der Waals surface area (Å²) < 4.78 is 0. The number of primary amides is 1. The van der Waals surface area contributed by atoms with Crippen molar-refractivity contribution < 1.29 is 9.59 Å².